The van der Waals surface area contributed by atoms with Gasteiger partial charge in [0.15, 0.2) is 0 Å². The molecule has 0 radical (unpaired) electrons. The van der Waals surface area contributed by atoms with E-state index < -0.39 is 0 Å². The molecular weight excluding hydrogens is 220 g/mol. The molecule has 2 saturated carbocycles. The highest BCUT2D eigenvalue weighted by molar-refractivity contribution is 4.85. The molecule has 0 bridgehead atoms. The Morgan fingerprint density at radius 2 is 1.56 bits per heavy atom. The first-order valence-electron chi connectivity index (χ1n) is 8.21. The van der Waals surface area contributed by atoms with Crippen molar-refractivity contribution >= 4 is 0 Å². The summed E-state index contributed by atoms with van der Waals surface area (Å²) < 4.78 is 0. The van der Waals surface area contributed by atoms with Crippen molar-refractivity contribution in [1.82, 2.24) is 4.90 Å². The average Bonchev–Trinajstić information content (AvgIpc) is 2.80. The Morgan fingerprint density at radius 1 is 0.889 bits per heavy atom. The molecule has 0 saturated heterocycles. The summed E-state index contributed by atoms with van der Waals surface area (Å²) in [5, 5.41) is 0. The second-order valence-corrected chi connectivity index (χ2v) is 6.64. The van der Waals surface area contributed by atoms with Crippen LogP contribution >= 0.6 is 0 Å². The van der Waals surface area contributed by atoms with E-state index in [1.165, 1.54) is 70.8 Å². The maximum Gasteiger partial charge on any atom is 0.0133 e. The number of hydrogen-bond donors (Lipinski definition) is 1. The molecule has 2 heteroatoms. The lowest BCUT2D eigenvalue weighted by Gasteiger charge is -2.33. The molecule has 0 heterocycles. The molecule has 106 valence electrons. The highest BCUT2D eigenvalue weighted by Crippen LogP contribution is 2.30. The standard InChI is InChI=1S/C16H32N2/c1-18(16-11-7-10-15(16)12-17)13-14-8-5-3-2-4-6-9-14/h14-16H,2-13,17H2,1H3. The van der Waals surface area contributed by atoms with Crippen molar-refractivity contribution in [3.05, 3.63) is 0 Å². The van der Waals surface area contributed by atoms with Gasteiger partial charge in [0.25, 0.3) is 0 Å². The molecule has 0 amide bonds. The summed E-state index contributed by atoms with van der Waals surface area (Å²) >= 11 is 0. The third kappa shape index (κ3) is 3.96. The normalized spacial score (nSPS) is 31.5. The monoisotopic (exact) mass is 252 g/mol. The number of rotatable bonds is 4. The second-order valence-electron chi connectivity index (χ2n) is 6.64. The zero-order chi connectivity index (χ0) is 12.8. The minimum atomic E-state index is 0.767. The Bertz CT molecular complexity index is 221. The van der Waals surface area contributed by atoms with Crippen LogP contribution in [0, 0.1) is 11.8 Å². The quantitative estimate of drug-likeness (QED) is 0.831. The largest absolute Gasteiger partial charge is 0.330 e. The van der Waals surface area contributed by atoms with E-state index in [9.17, 15) is 0 Å². The summed E-state index contributed by atoms with van der Waals surface area (Å²) in [5.74, 6) is 1.72. The molecule has 2 fully saturated rings. The van der Waals surface area contributed by atoms with Gasteiger partial charge in [-0.3, -0.25) is 0 Å². The summed E-state index contributed by atoms with van der Waals surface area (Å²) in [6.45, 7) is 2.21. The second kappa shape index (κ2) is 7.49. The van der Waals surface area contributed by atoms with Crippen LogP contribution in [0.15, 0.2) is 0 Å². The molecule has 0 spiro atoms. The van der Waals surface area contributed by atoms with Crippen LogP contribution in [0.3, 0.4) is 0 Å². The fraction of sp³-hybridized carbons (Fsp3) is 1.00. The fourth-order valence-corrected chi connectivity index (χ4v) is 4.14. The molecule has 2 aliphatic rings. The predicted octanol–water partition coefficient (Wildman–Crippen LogP) is 3.41. The molecule has 2 N–H and O–H groups in total. The van der Waals surface area contributed by atoms with Gasteiger partial charge in [-0.05, 0) is 51.1 Å². The zero-order valence-electron chi connectivity index (χ0n) is 12.2. The number of nitrogens with zero attached hydrogens (tertiary/aromatic N) is 1. The van der Waals surface area contributed by atoms with E-state index in [-0.39, 0.29) is 0 Å². The van der Waals surface area contributed by atoms with E-state index in [1.807, 2.05) is 0 Å². The Balaban J connectivity index is 1.79. The van der Waals surface area contributed by atoms with Gasteiger partial charge in [-0.25, -0.2) is 0 Å². The van der Waals surface area contributed by atoms with E-state index in [1.54, 1.807) is 0 Å². The summed E-state index contributed by atoms with van der Waals surface area (Å²) in [5.41, 5.74) is 5.91. The van der Waals surface area contributed by atoms with Gasteiger partial charge >= 0.3 is 0 Å². The van der Waals surface area contributed by atoms with Crippen LogP contribution in [0.2, 0.25) is 0 Å². The van der Waals surface area contributed by atoms with Gasteiger partial charge < -0.3 is 10.6 Å². The van der Waals surface area contributed by atoms with Crippen LogP contribution in [-0.4, -0.2) is 31.1 Å². The maximum atomic E-state index is 5.91. The molecule has 2 rings (SSSR count). The minimum Gasteiger partial charge on any atom is -0.330 e. The molecule has 2 atom stereocenters. The molecule has 2 unspecified atom stereocenters. The lowest BCUT2D eigenvalue weighted by molar-refractivity contribution is 0.160. The first kappa shape index (κ1) is 14.3. The van der Waals surface area contributed by atoms with E-state index in [4.69, 9.17) is 5.73 Å². The lowest BCUT2D eigenvalue weighted by Crippen LogP contribution is -2.40. The Hall–Kier alpha value is -0.0800. The van der Waals surface area contributed by atoms with Crippen LogP contribution in [-0.2, 0) is 0 Å². The van der Waals surface area contributed by atoms with Crippen molar-refractivity contribution < 1.29 is 0 Å². The molecular formula is C16H32N2. The summed E-state index contributed by atoms with van der Waals surface area (Å²) in [6, 6.07) is 0.778. The van der Waals surface area contributed by atoms with Gasteiger partial charge in [-0.15, -0.1) is 0 Å². The zero-order valence-corrected chi connectivity index (χ0v) is 12.2. The Labute approximate surface area is 113 Å². The molecule has 0 aromatic carbocycles. The number of hydrogen-bond acceptors (Lipinski definition) is 2. The summed E-state index contributed by atoms with van der Waals surface area (Å²) in [6.07, 6.45) is 14.4. The molecule has 0 aromatic rings. The highest BCUT2D eigenvalue weighted by atomic mass is 15.1. The van der Waals surface area contributed by atoms with Gasteiger partial charge in [0.05, 0.1) is 0 Å². The molecule has 0 aliphatic heterocycles. The van der Waals surface area contributed by atoms with Crippen molar-refractivity contribution in [2.75, 3.05) is 20.1 Å². The first-order valence-corrected chi connectivity index (χ1v) is 8.21. The van der Waals surface area contributed by atoms with Crippen LogP contribution < -0.4 is 5.73 Å². The Kier molecular flexibility index (Phi) is 5.97. The molecule has 18 heavy (non-hydrogen) atoms. The summed E-state index contributed by atoms with van der Waals surface area (Å²) in [7, 11) is 2.34. The maximum absolute atomic E-state index is 5.91. The fourth-order valence-electron chi connectivity index (χ4n) is 4.14. The van der Waals surface area contributed by atoms with Crippen LogP contribution in [0.1, 0.15) is 64.2 Å². The van der Waals surface area contributed by atoms with Gasteiger partial charge in [-0.1, -0.05) is 38.5 Å². The van der Waals surface area contributed by atoms with Crippen molar-refractivity contribution in [3.8, 4) is 0 Å². The lowest BCUT2D eigenvalue weighted by atomic mass is 9.90. The topological polar surface area (TPSA) is 29.3 Å². The van der Waals surface area contributed by atoms with E-state index in [2.05, 4.69) is 11.9 Å². The van der Waals surface area contributed by atoms with Gasteiger partial charge in [0, 0.05) is 12.6 Å². The Morgan fingerprint density at radius 3 is 2.22 bits per heavy atom. The van der Waals surface area contributed by atoms with Crippen molar-refractivity contribution in [3.63, 3.8) is 0 Å². The van der Waals surface area contributed by atoms with Crippen LogP contribution in [0.5, 0.6) is 0 Å². The first-order chi connectivity index (χ1) is 8.81. The molecule has 2 nitrogen and oxygen atoms in total. The number of nitrogens with two attached hydrogens (primary N) is 1. The average molecular weight is 252 g/mol. The van der Waals surface area contributed by atoms with Crippen molar-refractivity contribution in [2.45, 2.75) is 70.3 Å². The van der Waals surface area contributed by atoms with E-state index in [0.29, 0.717) is 0 Å². The third-order valence-electron chi connectivity index (χ3n) is 5.26. The van der Waals surface area contributed by atoms with Crippen molar-refractivity contribution in [1.29, 1.82) is 0 Å². The molecule has 0 aromatic heterocycles. The van der Waals surface area contributed by atoms with Gasteiger partial charge in [0.2, 0.25) is 0 Å². The smallest absolute Gasteiger partial charge is 0.0133 e. The van der Waals surface area contributed by atoms with Gasteiger partial charge in [-0.2, -0.15) is 0 Å². The van der Waals surface area contributed by atoms with Crippen LogP contribution in [0.4, 0.5) is 0 Å². The van der Waals surface area contributed by atoms with Crippen molar-refractivity contribution in [2.24, 2.45) is 17.6 Å². The van der Waals surface area contributed by atoms with E-state index >= 15 is 0 Å². The van der Waals surface area contributed by atoms with E-state index in [0.717, 1.165) is 24.4 Å². The third-order valence-corrected chi connectivity index (χ3v) is 5.26. The summed E-state index contributed by atoms with van der Waals surface area (Å²) in [4.78, 5) is 2.65. The highest BCUT2D eigenvalue weighted by Gasteiger charge is 2.30. The SMILES string of the molecule is CN(CC1CCCCCCC1)C1CCCC1CN. The van der Waals surface area contributed by atoms with Gasteiger partial charge in [0.1, 0.15) is 0 Å². The molecule has 2 aliphatic carbocycles. The van der Waals surface area contributed by atoms with Crippen LogP contribution in [0.25, 0.3) is 0 Å². The minimum absolute atomic E-state index is 0.767. The predicted molar refractivity (Wildman–Crippen MR) is 78.6 cm³/mol.